The highest BCUT2D eigenvalue weighted by atomic mass is 32.2. The molecule has 0 aliphatic rings. The van der Waals surface area contributed by atoms with Gasteiger partial charge in [-0.3, -0.25) is 9.78 Å². The predicted molar refractivity (Wildman–Crippen MR) is 73.7 cm³/mol. The molecule has 0 aliphatic carbocycles. The van der Waals surface area contributed by atoms with Gasteiger partial charge in [0.05, 0.1) is 0 Å². The molecular formula is C13H20N2OS. The van der Waals surface area contributed by atoms with Crippen LogP contribution in [0.15, 0.2) is 12.1 Å². The first-order chi connectivity index (χ1) is 8.13. The summed E-state index contributed by atoms with van der Waals surface area (Å²) in [5.74, 6) is 2.13. The lowest BCUT2D eigenvalue weighted by molar-refractivity contribution is 0.0956. The molecule has 0 spiro atoms. The lowest BCUT2D eigenvalue weighted by atomic mass is 10.2. The zero-order valence-corrected chi connectivity index (χ0v) is 11.6. The van der Waals surface area contributed by atoms with Crippen LogP contribution in [0.1, 0.15) is 35.1 Å². The zero-order chi connectivity index (χ0) is 12.7. The Morgan fingerprint density at radius 2 is 1.94 bits per heavy atom. The molecule has 0 fully saturated rings. The average molecular weight is 252 g/mol. The number of nitrogens with one attached hydrogen (secondary N) is 1. The van der Waals surface area contributed by atoms with Gasteiger partial charge < -0.3 is 5.32 Å². The maximum absolute atomic E-state index is 11.8. The van der Waals surface area contributed by atoms with Crippen molar-refractivity contribution in [2.24, 2.45) is 0 Å². The van der Waals surface area contributed by atoms with E-state index in [-0.39, 0.29) is 5.91 Å². The van der Waals surface area contributed by atoms with Gasteiger partial charge in [0.15, 0.2) is 0 Å². The molecule has 94 valence electrons. The average Bonchev–Trinajstić information content (AvgIpc) is 2.27. The molecule has 0 bridgehead atoms. The van der Waals surface area contributed by atoms with Crippen molar-refractivity contribution >= 4 is 17.7 Å². The maximum Gasteiger partial charge on any atom is 0.251 e. The lowest BCUT2D eigenvalue weighted by Crippen LogP contribution is -2.26. The number of hydrogen-bond acceptors (Lipinski definition) is 3. The van der Waals surface area contributed by atoms with Gasteiger partial charge in [-0.2, -0.15) is 11.8 Å². The van der Waals surface area contributed by atoms with E-state index in [0.717, 1.165) is 29.4 Å². The number of aromatic nitrogens is 1. The van der Waals surface area contributed by atoms with Gasteiger partial charge in [0, 0.05) is 29.2 Å². The Labute approximate surface area is 107 Å². The highest BCUT2D eigenvalue weighted by Gasteiger charge is 2.06. The Morgan fingerprint density at radius 3 is 2.53 bits per heavy atom. The molecule has 1 aromatic rings. The van der Waals surface area contributed by atoms with Crippen molar-refractivity contribution < 1.29 is 4.79 Å². The number of aryl methyl sites for hydroxylation is 2. The van der Waals surface area contributed by atoms with Crippen molar-refractivity contribution in [1.29, 1.82) is 0 Å². The second-order valence-corrected chi connectivity index (χ2v) is 5.23. The highest BCUT2D eigenvalue weighted by molar-refractivity contribution is 7.99. The third-order valence-electron chi connectivity index (χ3n) is 2.22. The largest absolute Gasteiger partial charge is 0.351 e. The predicted octanol–water partition coefficient (Wildman–Crippen LogP) is 2.57. The smallest absolute Gasteiger partial charge is 0.251 e. The van der Waals surface area contributed by atoms with Gasteiger partial charge in [-0.15, -0.1) is 0 Å². The summed E-state index contributed by atoms with van der Waals surface area (Å²) in [6, 6.07) is 3.64. The van der Waals surface area contributed by atoms with Crippen molar-refractivity contribution in [2.75, 3.05) is 18.1 Å². The Balaban J connectivity index is 2.41. The van der Waals surface area contributed by atoms with Crippen LogP contribution in [-0.2, 0) is 0 Å². The van der Waals surface area contributed by atoms with E-state index in [0.29, 0.717) is 5.56 Å². The third-order valence-corrected chi connectivity index (χ3v) is 3.41. The number of carbonyl (C=O) groups excluding carboxylic acids is 1. The number of amides is 1. The van der Waals surface area contributed by atoms with Crippen molar-refractivity contribution in [2.45, 2.75) is 27.2 Å². The van der Waals surface area contributed by atoms with E-state index in [9.17, 15) is 4.79 Å². The van der Waals surface area contributed by atoms with Crippen LogP contribution in [0.2, 0.25) is 0 Å². The van der Waals surface area contributed by atoms with E-state index in [1.54, 1.807) is 0 Å². The first-order valence-electron chi connectivity index (χ1n) is 5.94. The standard InChI is InChI=1S/C13H20N2OS/c1-4-6-17-7-5-14-13(16)12-8-10(2)15-11(3)9-12/h8-9H,4-7H2,1-3H3,(H,14,16). The summed E-state index contributed by atoms with van der Waals surface area (Å²) >= 11 is 1.87. The highest BCUT2D eigenvalue weighted by Crippen LogP contribution is 2.05. The molecule has 0 aromatic carbocycles. The molecule has 0 atom stereocenters. The third kappa shape index (κ3) is 5.22. The van der Waals surface area contributed by atoms with Crippen LogP contribution < -0.4 is 5.32 Å². The van der Waals surface area contributed by atoms with Crippen molar-refractivity contribution in [3.05, 3.63) is 29.1 Å². The number of rotatable bonds is 6. The van der Waals surface area contributed by atoms with Gasteiger partial charge in [0.2, 0.25) is 0 Å². The molecule has 1 amide bonds. The summed E-state index contributed by atoms with van der Waals surface area (Å²) in [6.45, 7) is 6.69. The van der Waals surface area contributed by atoms with E-state index >= 15 is 0 Å². The molecule has 17 heavy (non-hydrogen) atoms. The molecule has 0 aliphatic heterocycles. The Kier molecular flexibility index (Phi) is 6.05. The fraction of sp³-hybridized carbons (Fsp3) is 0.538. The Hall–Kier alpha value is -1.03. The van der Waals surface area contributed by atoms with Crippen molar-refractivity contribution in [3.63, 3.8) is 0 Å². The van der Waals surface area contributed by atoms with Crippen molar-refractivity contribution in [3.8, 4) is 0 Å². The maximum atomic E-state index is 11.8. The summed E-state index contributed by atoms with van der Waals surface area (Å²) in [4.78, 5) is 16.1. The van der Waals surface area contributed by atoms with Gasteiger partial charge in [-0.25, -0.2) is 0 Å². The first-order valence-corrected chi connectivity index (χ1v) is 7.10. The van der Waals surface area contributed by atoms with Crippen molar-refractivity contribution in [1.82, 2.24) is 10.3 Å². The monoisotopic (exact) mass is 252 g/mol. The minimum absolute atomic E-state index is 0.00398. The number of hydrogen-bond donors (Lipinski definition) is 1. The summed E-state index contributed by atoms with van der Waals surface area (Å²) in [6.07, 6.45) is 1.18. The number of thioether (sulfide) groups is 1. The van der Waals surface area contributed by atoms with Crippen LogP contribution in [-0.4, -0.2) is 28.9 Å². The minimum Gasteiger partial charge on any atom is -0.351 e. The lowest BCUT2D eigenvalue weighted by Gasteiger charge is -2.06. The molecule has 0 saturated carbocycles. The van der Waals surface area contributed by atoms with Gasteiger partial charge in [0.25, 0.3) is 5.91 Å². The van der Waals surface area contributed by atoms with Gasteiger partial charge >= 0.3 is 0 Å². The molecule has 1 aromatic heterocycles. The fourth-order valence-electron chi connectivity index (χ4n) is 1.55. The molecule has 0 unspecified atom stereocenters. The van der Waals surface area contributed by atoms with Crippen LogP contribution >= 0.6 is 11.8 Å². The number of nitrogens with zero attached hydrogens (tertiary/aromatic N) is 1. The Morgan fingerprint density at radius 1 is 1.29 bits per heavy atom. The van der Waals surface area contributed by atoms with Crippen LogP contribution in [0, 0.1) is 13.8 Å². The van der Waals surface area contributed by atoms with E-state index in [2.05, 4.69) is 17.2 Å². The second-order valence-electron chi connectivity index (χ2n) is 4.01. The van der Waals surface area contributed by atoms with Gasteiger partial charge in [0.1, 0.15) is 0 Å². The summed E-state index contributed by atoms with van der Waals surface area (Å²) < 4.78 is 0. The van der Waals surface area contributed by atoms with E-state index < -0.39 is 0 Å². The SMILES string of the molecule is CCCSCCNC(=O)c1cc(C)nc(C)c1. The van der Waals surface area contributed by atoms with Crippen LogP contribution in [0.5, 0.6) is 0 Å². The summed E-state index contributed by atoms with van der Waals surface area (Å²) in [5, 5.41) is 2.92. The molecule has 0 saturated heterocycles. The van der Waals surface area contributed by atoms with Gasteiger partial charge in [-0.05, 0) is 38.2 Å². The minimum atomic E-state index is -0.00398. The summed E-state index contributed by atoms with van der Waals surface area (Å²) in [7, 11) is 0. The quantitative estimate of drug-likeness (QED) is 0.791. The molecule has 1 N–H and O–H groups in total. The second kappa shape index (κ2) is 7.33. The zero-order valence-electron chi connectivity index (χ0n) is 10.7. The van der Waals surface area contributed by atoms with Crippen LogP contribution in [0.4, 0.5) is 0 Å². The molecule has 1 heterocycles. The van der Waals surface area contributed by atoms with Crippen LogP contribution in [0.3, 0.4) is 0 Å². The normalized spacial score (nSPS) is 10.3. The van der Waals surface area contributed by atoms with E-state index in [4.69, 9.17) is 0 Å². The van der Waals surface area contributed by atoms with Gasteiger partial charge in [-0.1, -0.05) is 6.92 Å². The first kappa shape index (κ1) is 14.0. The number of pyridine rings is 1. The van der Waals surface area contributed by atoms with E-state index in [1.165, 1.54) is 6.42 Å². The van der Waals surface area contributed by atoms with E-state index in [1.807, 2.05) is 37.7 Å². The summed E-state index contributed by atoms with van der Waals surface area (Å²) in [5.41, 5.74) is 2.47. The molecule has 4 heteroatoms. The fourth-order valence-corrected chi connectivity index (χ4v) is 2.29. The Bertz CT molecular complexity index is 359. The number of carbonyl (C=O) groups is 1. The topological polar surface area (TPSA) is 42.0 Å². The van der Waals surface area contributed by atoms with Crippen LogP contribution in [0.25, 0.3) is 0 Å². The molecule has 3 nitrogen and oxygen atoms in total. The molecule has 1 rings (SSSR count). The molecular weight excluding hydrogens is 232 g/mol. The molecule has 0 radical (unpaired) electrons.